The Balaban J connectivity index is 1.53. The normalized spacial score (nSPS) is 16.4. The van der Waals surface area contributed by atoms with Gasteiger partial charge in [-0.15, -0.1) is 11.3 Å². The maximum Gasteiger partial charge on any atom is 0.339 e. The number of allylic oxidation sites excluding steroid dienone is 1. The lowest BCUT2D eigenvalue weighted by molar-refractivity contribution is -0.384. The van der Waals surface area contributed by atoms with Crippen LogP contribution in [0.4, 0.5) is 11.4 Å². The maximum absolute atomic E-state index is 14.0. The first-order valence-electron chi connectivity index (χ1n) is 14.0. The molecule has 0 spiro atoms. The van der Waals surface area contributed by atoms with Crippen LogP contribution >= 0.6 is 11.3 Å². The number of nitrogens with one attached hydrogen (secondary N) is 1. The molecule has 0 saturated heterocycles. The number of rotatable bonds is 7. The second-order valence-electron chi connectivity index (χ2n) is 11.7. The molecule has 2 aromatic heterocycles. The summed E-state index contributed by atoms with van der Waals surface area (Å²) in [6.45, 7) is 8.07. The minimum Gasteiger partial charge on any atom is -0.495 e. The van der Waals surface area contributed by atoms with E-state index in [1.54, 1.807) is 11.3 Å². The van der Waals surface area contributed by atoms with Crippen LogP contribution in [0.5, 0.6) is 5.75 Å². The fraction of sp³-hybridized carbons (Fsp3) is 0.303. The molecule has 0 aliphatic heterocycles. The Bertz CT molecular complexity index is 1740. The summed E-state index contributed by atoms with van der Waals surface area (Å²) in [5.41, 5.74) is 3.57. The standard InChI is InChI=1S/C33H33N3O6S/c1-19(31(37)35-27-18-22(36(39)40)12-13-28(27)41-5)42-32(38)29-24-10-6-7-11-26(24)34-30-20(16-23-9-8-14-43-23)15-21(17-25(29)30)33(2,3)4/h6-14,16,18-19,21H,15,17H2,1-5H3,(H,35,37)/b20-16-/t19-,21+/m0/s1. The summed E-state index contributed by atoms with van der Waals surface area (Å²) in [6.07, 6.45) is 2.40. The summed E-state index contributed by atoms with van der Waals surface area (Å²) >= 11 is 1.64. The molecule has 0 fully saturated rings. The van der Waals surface area contributed by atoms with Crippen LogP contribution in [0.25, 0.3) is 22.6 Å². The molecule has 0 bridgehead atoms. The van der Waals surface area contributed by atoms with Gasteiger partial charge >= 0.3 is 5.97 Å². The van der Waals surface area contributed by atoms with Gasteiger partial charge in [-0.1, -0.05) is 45.0 Å². The van der Waals surface area contributed by atoms with Crippen molar-refractivity contribution >= 4 is 57.1 Å². The number of methoxy groups -OCH3 is 1. The van der Waals surface area contributed by atoms with Crippen LogP contribution in [-0.4, -0.2) is 35.0 Å². The second-order valence-corrected chi connectivity index (χ2v) is 12.6. The van der Waals surface area contributed by atoms with Gasteiger partial charge in [-0.2, -0.15) is 0 Å². The van der Waals surface area contributed by atoms with E-state index in [0.717, 1.165) is 28.1 Å². The topological polar surface area (TPSA) is 121 Å². The molecule has 222 valence electrons. The fourth-order valence-corrected chi connectivity index (χ4v) is 6.01. The van der Waals surface area contributed by atoms with Crippen molar-refractivity contribution in [1.82, 2.24) is 4.98 Å². The Labute approximate surface area is 253 Å². The number of para-hydroxylation sites is 1. The Morgan fingerprint density at radius 2 is 1.91 bits per heavy atom. The number of nitrogens with zero attached hydrogens (tertiary/aromatic N) is 2. The highest BCUT2D eigenvalue weighted by Gasteiger charge is 2.36. The fourth-order valence-electron chi connectivity index (χ4n) is 5.33. The van der Waals surface area contributed by atoms with Crippen LogP contribution in [0, 0.1) is 21.4 Å². The first kappa shape index (κ1) is 29.9. The van der Waals surface area contributed by atoms with E-state index in [1.165, 1.54) is 32.2 Å². The quantitative estimate of drug-likeness (QED) is 0.132. The molecule has 4 aromatic rings. The first-order valence-corrected chi connectivity index (χ1v) is 14.8. The molecular weight excluding hydrogens is 566 g/mol. The molecular formula is C33H33N3O6S. The average Bonchev–Trinajstić information content (AvgIpc) is 3.48. The SMILES string of the molecule is COc1ccc([N+](=O)[O-])cc1NC(=O)[C@H](C)OC(=O)c1c2c(nc3ccccc13)/C(=C\c1cccs1)C[C@@H](C(C)(C)C)C2. The number of nitro groups is 1. The zero-order valence-corrected chi connectivity index (χ0v) is 25.5. The zero-order valence-electron chi connectivity index (χ0n) is 24.7. The molecule has 1 aliphatic rings. The number of pyridine rings is 1. The number of carbonyl (C=O) groups is 2. The lowest BCUT2D eigenvalue weighted by atomic mass is 9.69. The Kier molecular flexibility index (Phi) is 8.32. The van der Waals surface area contributed by atoms with Crippen molar-refractivity contribution in [3.63, 3.8) is 0 Å². The Hall–Kier alpha value is -4.57. The number of hydrogen-bond acceptors (Lipinski definition) is 8. The average molecular weight is 600 g/mol. The summed E-state index contributed by atoms with van der Waals surface area (Å²) in [5.74, 6) is -0.800. The van der Waals surface area contributed by atoms with E-state index in [1.807, 2.05) is 35.7 Å². The van der Waals surface area contributed by atoms with Crippen LogP contribution in [0.3, 0.4) is 0 Å². The van der Waals surface area contributed by atoms with E-state index < -0.39 is 22.9 Å². The third-order valence-electron chi connectivity index (χ3n) is 7.81. The zero-order chi connectivity index (χ0) is 30.9. The van der Waals surface area contributed by atoms with E-state index >= 15 is 0 Å². The van der Waals surface area contributed by atoms with E-state index in [-0.39, 0.29) is 28.5 Å². The number of esters is 1. The number of aromatic nitrogens is 1. The molecule has 0 radical (unpaired) electrons. The van der Waals surface area contributed by atoms with Gasteiger partial charge in [-0.3, -0.25) is 14.9 Å². The molecule has 0 saturated carbocycles. The number of thiophene rings is 1. The molecule has 5 rings (SSSR count). The monoisotopic (exact) mass is 599 g/mol. The minimum atomic E-state index is -1.21. The Morgan fingerprint density at radius 1 is 1.14 bits per heavy atom. The molecule has 1 N–H and O–H groups in total. The van der Waals surface area contributed by atoms with Gasteiger partial charge in [0.05, 0.1) is 34.5 Å². The van der Waals surface area contributed by atoms with Crippen LogP contribution in [-0.2, 0) is 16.0 Å². The van der Waals surface area contributed by atoms with Crippen molar-refractivity contribution < 1.29 is 24.0 Å². The van der Waals surface area contributed by atoms with Crippen molar-refractivity contribution in [2.45, 2.75) is 46.6 Å². The predicted molar refractivity (Wildman–Crippen MR) is 168 cm³/mol. The molecule has 2 atom stereocenters. The van der Waals surface area contributed by atoms with Gasteiger partial charge in [0.15, 0.2) is 6.10 Å². The Morgan fingerprint density at radius 3 is 2.58 bits per heavy atom. The second kappa shape index (κ2) is 12.0. The summed E-state index contributed by atoms with van der Waals surface area (Å²) < 4.78 is 11.0. The van der Waals surface area contributed by atoms with E-state index in [2.05, 4.69) is 38.2 Å². The van der Waals surface area contributed by atoms with E-state index in [9.17, 15) is 19.7 Å². The molecule has 1 amide bonds. The van der Waals surface area contributed by atoms with Crippen LogP contribution < -0.4 is 10.1 Å². The molecule has 2 aromatic carbocycles. The number of anilines is 1. The minimum absolute atomic E-state index is 0.0381. The van der Waals surface area contributed by atoms with Crippen molar-refractivity contribution in [2.24, 2.45) is 11.3 Å². The van der Waals surface area contributed by atoms with Crippen LogP contribution in [0.15, 0.2) is 60.0 Å². The highest BCUT2D eigenvalue weighted by atomic mass is 32.1. The molecule has 0 unspecified atom stereocenters. The number of fused-ring (bicyclic) bond motifs is 2. The number of carbonyl (C=O) groups excluding carboxylic acids is 2. The summed E-state index contributed by atoms with van der Waals surface area (Å²) in [7, 11) is 1.39. The third kappa shape index (κ3) is 6.29. The summed E-state index contributed by atoms with van der Waals surface area (Å²) in [4.78, 5) is 44.0. The number of benzene rings is 2. The number of ether oxygens (including phenoxy) is 2. The van der Waals surface area contributed by atoms with Gasteiger partial charge in [0.1, 0.15) is 5.75 Å². The lowest BCUT2D eigenvalue weighted by Gasteiger charge is -2.36. The summed E-state index contributed by atoms with van der Waals surface area (Å²) in [5, 5.41) is 16.6. The largest absolute Gasteiger partial charge is 0.495 e. The predicted octanol–water partition coefficient (Wildman–Crippen LogP) is 7.55. The van der Waals surface area contributed by atoms with Gasteiger partial charge in [0.2, 0.25) is 0 Å². The highest BCUT2D eigenvalue weighted by molar-refractivity contribution is 7.10. The van der Waals surface area contributed by atoms with Gasteiger partial charge in [0, 0.05) is 22.4 Å². The van der Waals surface area contributed by atoms with Crippen LogP contribution in [0.2, 0.25) is 0 Å². The first-order chi connectivity index (χ1) is 20.5. The maximum atomic E-state index is 14.0. The van der Waals surface area contributed by atoms with Crippen molar-refractivity contribution in [3.8, 4) is 5.75 Å². The van der Waals surface area contributed by atoms with Gasteiger partial charge in [-0.25, -0.2) is 9.78 Å². The number of hydrogen-bond donors (Lipinski definition) is 1. The molecule has 1 aliphatic carbocycles. The van der Waals surface area contributed by atoms with Gasteiger partial charge in [0.25, 0.3) is 11.6 Å². The molecule has 9 nitrogen and oxygen atoms in total. The van der Waals surface area contributed by atoms with Gasteiger partial charge < -0.3 is 14.8 Å². The van der Waals surface area contributed by atoms with Gasteiger partial charge in [-0.05, 0) is 71.9 Å². The smallest absolute Gasteiger partial charge is 0.339 e. The van der Waals surface area contributed by atoms with Crippen molar-refractivity contribution in [3.05, 3.63) is 91.8 Å². The lowest BCUT2D eigenvalue weighted by Crippen LogP contribution is -2.32. The van der Waals surface area contributed by atoms with E-state index in [4.69, 9.17) is 14.5 Å². The molecule has 10 heteroatoms. The number of amides is 1. The third-order valence-corrected chi connectivity index (χ3v) is 8.63. The summed E-state index contributed by atoms with van der Waals surface area (Å²) in [6, 6.07) is 15.4. The van der Waals surface area contributed by atoms with Crippen LogP contribution in [0.1, 0.15) is 60.6 Å². The highest BCUT2D eigenvalue weighted by Crippen LogP contribution is 2.45. The number of non-ortho nitro benzene ring substituents is 1. The van der Waals surface area contributed by atoms with Crippen molar-refractivity contribution in [1.29, 1.82) is 0 Å². The molecule has 43 heavy (non-hydrogen) atoms. The van der Waals surface area contributed by atoms with Crippen molar-refractivity contribution in [2.75, 3.05) is 12.4 Å². The number of nitro benzene ring substituents is 1. The molecule has 2 heterocycles. The van der Waals surface area contributed by atoms with E-state index in [0.29, 0.717) is 22.9 Å².